The highest BCUT2D eigenvalue weighted by Gasteiger charge is 2.08. The number of hydrogen-bond acceptors (Lipinski definition) is 3. The molecule has 1 aromatic carbocycles. The van der Waals surface area contributed by atoms with Crippen molar-refractivity contribution >= 4 is 27.1 Å². The maximum atomic E-state index is 8.71. The fraction of sp³-hybridized carbons (Fsp3) is 0.182. The highest BCUT2D eigenvalue weighted by Crippen LogP contribution is 2.32. The van der Waals surface area contributed by atoms with Gasteiger partial charge in [-0.25, -0.2) is 0 Å². The molecule has 0 aliphatic rings. The highest BCUT2D eigenvalue weighted by molar-refractivity contribution is 7.19. The Hall–Kier alpha value is -1.53. The van der Waals surface area contributed by atoms with Crippen molar-refractivity contribution in [3.05, 3.63) is 28.6 Å². The van der Waals surface area contributed by atoms with Gasteiger partial charge in [-0.1, -0.05) is 0 Å². The summed E-state index contributed by atoms with van der Waals surface area (Å²) in [5.41, 5.74) is 7.60. The molecule has 1 heterocycles. The van der Waals surface area contributed by atoms with E-state index in [4.69, 9.17) is 11.0 Å². The number of thiophene rings is 1. The van der Waals surface area contributed by atoms with Crippen molar-refractivity contribution in [1.82, 2.24) is 0 Å². The predicted octanol–water partition coefficient (Wildman–Crippen LogP) is 2.86. The summed E-state index contributed by atoms with van der Waals surface area (Å²) in [5.74, 6) is 0. The first-order chi connectivity index (χ1) is 6.72. The second-order valence-corrected chi connectivity index (χ2v) is 4.48. The van der Waals surface area contributed by atoms with Gasteiger partial charge in [-0.05, 0) is 36.1 Å². The smallest absolute Gasteiger partial charge is 0.0670 e. The highest BCUT2D eigenvalue weighted by atomic mass is 32.1. The molecule has 0 unspecified atom stereocenters. The molecular formula is C11H10N2S. The average Bonchev–Trinajstić information content (AvgIpc) is 2.45. The van der Waals surface area contributed by atoms with E-state index in [9.17, 15) is 0 Å². The summed E-state index contributed by atoms with van der Waals surface area (Å²) in [5, 5.41) is 9.85. The molecule has 70 valence electrons. The van der Waals surface area contributed by atoms with Gasteiger partial charge < -0.3 is 5.73 Å². The summed E-state index contributed by atoms with van der Waals surface area (Å²) in [6.45, 7) is 2.05. The maximum Gasteiger partial charge on any atom is 0.0670 e. The Morgan fingerprint density at radius 2 is 2.29 bits per heavy atom. The van der Waals surface area contributed by atoms with Crippen molar-refractivity contribution in [3.63, 3.8) is 0 Å². The van der Waals surface area contributed by atoms with Gasteiger partial charge in [0, 0.05) is 15.3 Å². The van der Waals surface area contributed by atoms with E-state index < -0.39 is 0 Å². The molecule has 0 saturated carbocycles. The third-order valence-corrected chi connectivity index (χ3v) is 3.40. The molecule has 0 saturated heterocycles. The van der Waals surface area contributed by atoms with Gasteiger partial charge in [-0.3, -0.25) is 0 Å². The second-order valence-electron chi connectivity index (χ2n) is 3.23. The number of nitriles is 1. The zero-order valence-corrected chi connectivity index (χ0v) is 8.69. The van der Waals surface area contributed by atoms with E-state index in [0.717, 1.165) is 16.6 Å². The Bertz CT molecular complexity index is 520. The van der Waals surface area contributed by atoms with E-state index in [1.807, 2.05) is 25.1 Å². The molecule has 0 fully saturated rings. The number of nitrogens with two attached hydrogens (primary N) is 1. The average molecular weight is 202 g/mol. The molecule has 0 radical (unpaired) electrons. The fourth-order valence-electron chi connectivity index (χ4n) is 1.59. The Balaban J connectivity index is 2.74. The Labute approximate surface area is 86.6 Å². The van der Waals surface area contributed by atoms with Crippen molar-refractivity contribution in [3.8, 4) is 6.07 Å². The quantitative estimate of drug-likeness (QED) is 0.723. The van der Waals surface area contributed by atoms with Crippen LogP contribution in [-0.4, -0.2) is 0 Å². The molecule has 2 aromatic rings. The van der Waals surface area contributed by atoms with Gasteiger partial charge in [0.15, 0.2) is 0 Å². The Morgan fingerprint density at radius 1 is 1.50 bits per heavy atom. The van der Waals surface area contributed by atoms with Crippen molar-refractivity contribution < 1.29 is 0 Å². The monoisotopic (exact) mass is 202 g/mol. The second kappa shape index (κ2) is 3.32. The lowest BCUT2D eigenvalue weighted by molar-refractivity contribution is 1.27. The van der Waals surface area contributed by atoms with Crippen LogP contribution in [0.5, 0.6) is 0 Å². The summed E-state index contributed by atoms with van der Waals surface area (Å²) < 4.78 is 1.21. The molecule has 1 aromatic heterocycles. The summed E-state index contributed by atoms with van der Waals surface area (Å²) in [6.07, 6.45) is 0.468. The van der Waals surface area contributed by atoms with Gasteiger partial charge in [0.2, 0.25) is 0 Å². The van der Waals surface area contributed by atoms with Gasteiger partial charge >= 0.3 is 0 Å². The minimum atomic E-state index is 0.468. The number of rotatable bonds is 1. The SMILES string of the molecule is Cc1sc2ccc(N)cc2c1CC#N. The molecule has 2 nitrogen and oxygen atoms in total. The Morgan fingerprint density at radius 3 is 3.00 bits per heavy atom. The van der Waals surface area contributed by atoms with E-state index in [2.05, 4.69) is 6.07 Å². The van der Waals surface area contributed by atoms with Gasteiger partial charge in [0.25, 0.3) is 0 Å². The minimum absolute atomic E-state index is 0.468. The number of aryl methyl sites for hydroxylation is 1. The van der Waals surface area contributed by atoms with E-state index in [1.54, 1.807) is 11.3 Å². The molecule has 0 atom stereocenters. The fourth-order valence-corrected chi connectivity index (χ4v) is 2.65. The summed E-state index contributed by atoms with van der Waals surface area (Å²) >= 11 is 1.72. The van der Waals surface area contributed by atoms with E-state index >= 15 is 0 Å². The van der Waals surface area contributed by atoms with Gasteiger partial charge in [0.1, 0.15) is 0 Å². The van der Waals surface area contributed by atoms with Crippen LogP contribution in [0.1, 0.15) is 10.4 Å². The van der Waals surface area contributed by atoms with Crippen LogP contribution in [0.2, 0.25) is 0 Å². The molecule has 2 N–H and O–H groups in total. The maximum absolute atomic E-state index is 8.71. The lowest BCUT2D eigenvalue weighted by atomic mass is 10.1. The first-order valence-electron chi connectivity index (χ1n) is 4.37. The summed E-state index contributed by atoms with van der Waals surface area (Å²) in [6, 6.07) is 8.05. The Kier molecular flexibility index (Phi) is 2.14. The van der Waals surface area contributed by atoms with Crippen LogP contribution in [0.25, 0.3) is 10.1 Å². The predicted molar refractivity (Wildman–Crippen MR) is 60.3 cm³/mol. The lowest BCUT2D eigenvalue weighted by Gasteiger charge is -1.95. The van der Waals surface area contributed by atoms with Gasteiger partial charge in [-0.15, -0.1) is 11.3 Å². The van der Waals surface area contributed by atoms with Crippen LogP contribution >= 0.6 is 11.3 Å². The van der Waals surface area contributed by atoms with Crippen molar-refractivity contribution in [2.24, 2.45) is 0 Å². The van der Waals surface area contributed by atoms with E-state index in [1.165, 1.54) is 9.58 Å². The number of nitrogens with zero attached hydrogens (tertiary/aromatic N) is 1. The molecule has 0 amide bonds. The third kappa shape index (κ3) is 1.34. The normalized spacial score (nSPS) is 10.3. The summed E-state index contributed by atoms with van der Waals surface area (Å²) in [4.78, 5) is 1.21. The molecule has 0 bridgehead atoms. The lowest BCUT2D eigenvalue weighted by Crippen LogP contribution is -1.85. The molecule has 2 rings (SSSR count). The van der Waals surface area contributed by atoms with Crippen LogP contribution in [0.4, 0.5) is 5.69 Å². The molecule has 0 aliphatic heterocycles. The van der Waals surface area contributed by atoms with E-state index in [0.29, 0.717) is 6.42 Å². The van der Waals surface area contributed by atoms with Gasteiger partial charge in [-0.2, -0.15) is 5.26 Å². The molecule has 0 spiro atoms. The van der Waals surface area contributed by atoms with Crippen LogP contribution in [-0.2, 0) is 6.42 Å². The molecule has 3 heteroatoms. The number of anilines is 1. The topological polar surface area (TPSA) is 49.8 Å². The largest absolute Gasteiger partial charge is 0.399 e. The number of benzene rings is 1. The first-order valence-corrected chi connectivity index (χ1v) is 5.18. The van der Waals surface area contributed by atoms with Crippen molar-refractivity contribution in [2.75, 3.05) is 5.73 Å². The number of fused-ring (bicyclic) bond motifs is 1. The van der Waals surface area contributed by atoms with Crippen LogP contribution in [0.15, 0.2) is 18.2 Å². The van der Waals surface area contributed by atoms with Crippen LogP contribution in [0, 0.1) is 18.3 Å². The number of nitrogen functional groups attached to an aromatic ring is 1. The van der Waals surface area contributed by atoms with Gasteiger partial charge in [0.05, 0.1) is 12.5 Å². The molecule has 0 aliphatic carbocycles. The minimum Gasteiger partial charge on any atom is -0.399 e. The van der Waals surface area contributed by atoms with E-state index in [-0.39, 0.29) is 0 Å². The molecule has 14 heavy (non-hydrogen) atoms. The number of hydrogen-bond donors (Lipinski definition) is 1. The van der Waals surface area contributed by atoms with Crippen LogP contribution < -0.4 is 5.73 Å². The standard InChI is InChI=1S/C11H10N2S/c1-7-9(4-5-12)10-6-8(13)2-3-11(10)14-7/h2-3,6H,4,13H2,1H3. The zero-order valence-electron chi connectivity index (χ0n) is 7.87. The zero-order chi connectivity index (χ0) is 10.1. The first kappa shape index (κ1) is 9.04. The van der Waals surface area contributed by atoms with Crippen LogP contribution in [0.3, 0.4) is 0 Å². The summed E-state index contributed by atoms with van der Waals surface area (Å²) in [7, 11) is 0. The van der Waals surface area contributed by atoms with Crippen molar-refractivity contribution in [1.29, 1.82) is 5.26 Å². The molecular weight excluding hydrogens is 192 g/mol. The van der Waals surface area contributed by atoms with Crippen molar-refractivity contribution in [2.45, 2.75) is 13.3 Å². The third-order valence-electron chi connectivity index (χ3n) is 2.27.